The lowest BCUT2D eigenvalue weighted by atomic mass is 10.2. The second-order valence-electron chi connectivity index (χ2n) is 5.37. The van der Waals surface area contributed by atoms with E-state index in [1.54, 1.807) is 6.26 Å². The zero-order chi connectivity index (χ0) is 16.2. The molecule has 0 radical (unpaired) electrons. The maximum absolute atomic E-state index is 5.63. The average Bonchev–Trinajstić information content (AvgIpc) is 3.25. The Morgan fingerprint density at radius 3 is 3.09 bits per heavy atom. The third-order valence-corrected chi connectivity index (χ3v) is 4.46. The van der Waals surface area contributed by atoms with Crippen LogP contribution >= 0.6 is 11.8 Å². The fraction of sp³-hybridized carbons (Fsp3) is 0.588. The summed E-state index contributed by atoms with van der Waals surface area (Å²) in [5, 5.41) is 6.75. The maximum Gasteiger partial charge on any atom is 0.191 e. The number of hydrogen-bond acceptors (Lipinski definition) is 4. The zero-order valence-electron chi connectivity index (χ0n) is 13.6. The molecule has 1 aliphatic rings. The summed E-state index contributed by atoms with van der Waals surface area (Å²) < 4.78 is 11.0. The molecule has 2 rings (SSSR count). The minimum Gasteiger partial charge on any atom is -0.469 e. The molecule has 1 saturated heterocycles. The van der Waals surface area contributed by atoms with Gasteiger partial charge in [-0.2, -0.15) is 11.8 Å². The van der Waals surface area contributed by atoms with Crippen molar-refractivity contribution in [2.45, 2.75) is 25.4 Å². The molecule has 23 heavy (non-hydrogen) atoms. The quantitative estimate of drug-likeness (QED) is 0.297. The van der Waals surface area contributed by atoms with Crippen molar-refractivity contribution in [1.82, 2.24) is 10.6 Å². The van der Waals surface area contributed by atoms with Crippen LogP contribution in [0.5, 0.6) is 0 Å². The highest BCUT2D eigenvalue weighted by molar-refractivity contribution is 7.99. The Balaban J connectivity index is 1.72. The van der Waals surface area contributed by atoms with E-state index in [9.17, 15) is 0 Å². The molecule has 0 saturated carbocycles. The Kier molecular flexibility index (Phi) is 8.73. The smallest absolute Gasteiger partial charge is 0.191 e. The number of rotatable bonds is 10. The third-order valence-electron chi connectivity index (χ3n) is 3.50. The van der Waals surface area contributed by atoms with Crippen molar-refractivity contribution in [1.29, 1.82) is 0 Å². The fourth-order valence-corrected chi connectivity index (χ4v) is 2.90. The summed E-state index contributed by atoms with van der Waals surface area (Å²) in [5.41, 5.74) is 0. The van der Waals surface area contributed by atoms with E-state index in [-0.39, 0.29) is 6.10 Å². The number of furan rings is 1. The molecule has 1 aliphatic heterocycles. The molecular weight excluding hydrogens is 310 g/mol. The van der Waals surface area contributed by atoms with E-state index in [0.717, 1.165) is 68.7 Å². The van der Waals surface area contributed by atoms with Crippen molar-refractivity contribution < 1.29 is 9.15 Å². The van der Waals surface area contributed by atoms with E-state index < -0.39 is 0 Å². The van der Waals surface area contributed by atoms with Crippen molar-refractivity contribution >= 4 is 17.7 Å². The number of hydrogen-bond donors (Lipinski definition) is 2. The first kappa shape index (κ1) is 17.9. The molecule has 0 spiro atoms. The van der Waals surface area contributed by atoms with Crippen LogP contribution in [0.15, 0.2) is 40.5 Å². The lowest BCUT2D eigenvalue weighted by Gasteiger charge is -2.13. The van der Waals surface area contributed by atoms with Crippen molar-refractivity contribution in [2.75, 3.05) is 37.7 Å². The van der Waals surface area contributed by atoms with Gasteiger partial charge in [0.15, 0.2) is 5.96 Å². The molecule has 6 heteroatoms. The Labute approximate surface area is 143 Å². The van der Waals surface area contributed by atoms with E-state index in [0.29, 0.717) is 0 Å². The van der Waals surface area contributed by atoms with Gasteiger partial charge in [-0.25, -0.2) is 0 Å². The molecule has 128 valence electrons. The number of nitrogens with one attached hydrogen (secondary N) is 2. The second kappa shape index (κ2) is 11.2. The normalized spacial score (nSPS) is 18.1. The lowest BCUT2D eigenvalue weighted by Crippen LogP contribution is -2.40. The van der Waals surface area contributed by atoms with Gasteiger partial charge >= 0.3 is 0 Å². The van der Waals surface area contributed by atoms with Gasteiger partial charge in [0.2, 0.25) is 0 Å². The van der Waals surface area contributed by atoms with E-state index in [1.165, 1.54) is 0 Å². The van der Waals surface area contributed by atoms with Gasteiger partial charge in [0.05, 0.1) is 18.9 Å². The summed E-state index contributed by atoms with van der Waals surface area (Å²) >= 11 is 1.86. The van der Waals surface area contributed by atoms with Crippen LogP contribution in [0.3, 0.4) is 0 Å². The number of thioether (sulfide) groups is 1. The predicted octanol–water partition coefficient (Wildman–Crippen LogP) is 2.46. The second-order valence-corrected chi connectivity index (χ2v) is 6.52. The molecule has 5 nitrogen and oxygen atoms in total. The van der Waals surface area contributed by atoms with Crippen LogP contribution in [0.25, 0.3) is 0 Å². The predicted molar refractivity (Wildman–Crippen MR) is 97.2 cm³/mol. The molecule has 2 heterocycles. The van der Waals surface area contributed by atoms with Gasteiger partial charge in [0.25, 0.3) is 0 Å². The van der Waals surface area contributed by atoms with Gasteiger partial charge in [-0.15, -0.1) is 6.58 Å². The molecule has 0 bridgehead atoms. The van der Waals surface area contributed by atoms with Crippen LogP contribution in [0.4, 0.5) is 0 Å². The van der Waals surface area contributed by atoms with Gasteiger partial charge in [-0.1, -0.05) is 6.08 Å². The van der Waals surface area contributed by atoms with Crippen LogP contribution in [-0.2, 0) is 11.2 Å². The van der Waals surface area contributed by atoms with Crippen LogP contribution in [0, 0.1) is 0 Å². The van der Waals surface area contributed by atoms with E-state index in [1.807, 2.05) is 30.0 Å². The first-order valence-electron chi connectivity index (χ1n) is 8.23. The molecule has 2 N–H and O–H groups in total. The van der Waals surface area contributed by atoms with Gasteiger partial charge in [-0.05, 0) is 25.0 Å². The summed E-state index contributed by atoms with van der Waals surface area (Å²) in [6.45, 7) is 7.00. The fourth-order valence-electron chi connectivity index (χ4n) is 2.32. The van der Waals surface area contributed by atoms with E-state index in [4.69, 9.17) is 9.15 Å². The standard InChI is InChI=1S/C17H27N3O2S/c1-2-12-23-13-9-19-17(20-14-16-6-4-11-22-16)18-8-7-15-5-3-10-21-15/h2-3,5,10,16H,1,4,6-9,11-14H2,(H2,18,19,20). The Bertz CT molecular complexity index is 456. The van der Waals surface area contributed by atoms with Crippen molar-refractivity contribution in [2.24, 2.45) is 4.99 Å². The van der Waals surface area contributed by atoms with Gasteiger partial charge in [-0.3, -0.25) is 4.99 Å². The Morgan fingerprint density at radius 2 is 2.35 bits per heavy atom. The number of aliphatic imine (C=N–C) groups is 1. The summed E-state index contributed by atoms with van der Waals surface area (Å²) in [4.78, 5) is 4.65. The lowest BCUT2D eigenvalue weighted by molar-refractivity contribution is 0.117. The summed E-state index contributed by atoms with van der Waals surface area (Å²) in [7, 11) is 0. The largest absolute Gasteiger partial charge is 0.469 e. The first-order chi connectivity index (χ1) is 11.4. The maximum atomic E-state index is 5.63. The summed E-state index contributed by atoms with van der Waals surface area (Å²) in [6.07, 6.45) is 7.01. The average molecular weight is 337 g/mol. The van der Waals surface area contributed by atoms with Crippen molar-refractivity contribution in [3.05, 3.63) is 36.8 Å². The molecular formula is C17H27N3O2S. The molecule has 1 unspecified atom stereocenters. The van der Waals surface area contributed by atoms with Crippen molar-refractivity contribution in [3.63, 3.8) is 0 Å². The van der Waals surface area contributed by atoms with Gasteiger partial charge < -0.3 is 19.8 Å². The minimum atomic E-state index is 0.272. The molecule has 1 aromatic rings. The Morgan fingerprint density at radius 1 is 1.43 bits per heavy atom. The topological polar surface area (TPSA) is 58.8 Å². The highest BCUT2D eigenvalue weighted by atomic mass is 32.2. The highest BCUT2D eigenvalue weighted by Crippen LogP contribution is 2.11. The monoisotopic (exact) mass is 337 g/mol. The molecule has 1 fully saturated rings. The highest BCUT2D eigenvalue weighted by Gasteiger charge is 2.14. The first-order valence-corrected chi connectivity index (χ1v) is 9.39. The van der Waals surface area contributed by atoms with E-state index in [2.05, 4.69) is 22.2 Å². The molecule has 0 aromatic carbocycles. The van der Waals surface area contributed by atoms with E-state index >= 15 is 0 Å². The van der Waals surface area contributed by atoms with Crippen LogP contribution in [0.1, 0.15) is 18.6 Å². The summed E-state index contributed by atoms with van der Waals surface area (Å²) in [6, 6.07) is 3.90. The zero-order valence-corrected chi connectivity index (χ0v) is 14.4. The van der Waals surface area contributed by atoms with Crippen LogP contribution in [-0.4, -0.2) is 49.8 Å². The van der Waals surface area contributed by atoms with Crippen molar-refractivity contribution in [3.8, 4) is 0 Å². The number of ether oxygens (including phenoxy) is 1. The molecule has 1 aromatic heterocycles. The molecule has 0 amide bonds. The van der Waals surface area contributed by atoms with Gasteiger partial charge in [0.1, 0.15) is 5.76 Å². The SMILES string of the molecule is C=CCSCCNC(=NCC1CCCO1)NCCc1ccco1. The number of guanidine groups is 1. The van der Waals surface area contributed by atoms with Crippen LogP contribution in [0.2, 0.25) is 0 Å². The molecule has 0 aliphatic carbocycles. The number of nitrogens with zero attached hydrogens (tertiary/aromatic N) is 1. The third kappa shape index (κ3) is 7.61. The minimum absolute atomic E-state index is 0.272. The van der Waals surface area contributed by atoms with Crippen LogP contribution < -0.4 is 10.6 Å². The Hall–Kier alpha value is -1.40. The van der Waals surface area contributed by atoms with Gasteiger partial charge in [0, 0.05) is 37.6 Å². The molecule has 1 atom stereocenters. The summed E-state index contributed by atoms with van der Waals surface area (Å²) in [5.74, 6) is 3.85.